The van der Waals surface area contributed by atoms with E-state index in [0.29, 0.717) is 200 Å². The van der Waals surface area contributed by atoms with Crippen LogP contribution < -0.4 is 0 Å². The predicted molar refractivity (Wildman–Crippen MR) is 398 cm³/mol. The number of ether oxygens (including phenoxy) is 10. The van der Waals surface area contributed by atoms with E-state index in [-0.39, 0.29) is 66.1 Å². The van der Waals surface area contributed by atoms with E-state index in [0.717, 1.165) is 75.4 Å². The molecule has 10 spiro atoms. The summed E-state index contributed by atoms with van der Waals surface area (Å²) >= 11 is 0. The average Bonchev–Trinajstić information content (AvgIpc) is 1.31. The van der Waals surface area contributed by atoms with Gasteiger partial charge in [0, 0.05) is 0 Å². The molecule has 37 rings (SSSR count). The summed E-state index contributed by atoms with van der Waals surface area (Å²) in [5.41, 5.74) is -8.80. The van der Waals surface area contributed by atoms with Crippen LogP contribution >= 0.6 is 0 Å². The molecule has 0 radical (unpaired) electrons. The van der Waals surface area contributed by atoms with Crippen LogP contribution in [0.5, 0.6) is 0 Å². The molecule has 4 atom stereocenters. The Morgan fingerprint density at radius 2 is 0.235 bits per heavy atom. The van der Waals surface area contributed by atoms with Gasteiger partial charge in [-0.3, -0.25) is 47.9 Å². The molecule has 0 bridgehead atoms. The minimum Gasteiger partial charge on any atom is -0.465 e. The molecule has 115 heavy (non-hydrogen) atoms. The molecule has 0 amide bonds. The highest BCUT2D eigenvalue weighted by Crippen LogP contribution is 3.13. The quantitative estimate of drug-likeness (QED) is 0.0297. The molecule has 0 heterocycles. The fourth-order valence-electron chi connectivity index (χ4n) is 38.7. The Morgan fingerprint density at radius 1 is 0.148 bits per heavy atom. The Hall–Kier alpha value is -11.8. The van der Waals surface area contributed by atoms with Gasteiger partial charge < -0.3 is 47.4 Å². The van der Waals surface area contributed by atoms with Gasteiger partial charge in [-0.05, 0) is 345 Å². The third-order valence-electron chi connectivity index (χ3n) is 37.7. The Kier molecular flexibility index (Phi) is 6.64. The van der Waals surface area contributed by atoms with Crippen molar-refractivity contribution in [3.63, 3.8) is 0 Å². The summed E-state index contributed by atoms with van der Waals surface area (Å²) in [6.45, 7) is 15.8. The highest BCUT2D eigenvalue weighted by atomic mass is 16.6. The summed E-state index contributed by atoms with van der Waals surface area (Å²) in [6.07, 6.45) is 0. The van der Waals surface area contributed by atoms with Gasteiger partial charge in [0.25, 0.3) is 0 Å². The van der Waals surface area contributed by atoms with Crippen molar-refractivity contribution in [3.8, 4) is 89.0 Å². The lowest BCUT2D eigenvalue weighted by Crippen LogP contribution is -2.40. The normalized spacial score (nSPS) is 32.4. The zero-order chi connectivity index (χ0) is 76.3. The van der Waals surface area contributed by atoms with Gasteiger partial charge in [0.1, 0.15) is 0 Å². The molecule has 0 N–H and O–H groups in total. The van der Waals surface area contributed by atoms with Crippen molar-refractivity contribution in [1.29, 1.82) is 0 Å². The second-order valence-electron chi connectivity index (χ2n) is 37.2. The van der Waals surface area contributed by atoms with Gasteiger partial charge in [0.15, 0.2) is 27.1 Å². The van der Waals surface area contributed by atoms with Crippen molar-refractivity contribution in [3.05, 3.63) is 111 Å². The molecule has 550 valence electrons. The molecule has 20 nitrogen and oxygen atoms in total. The fraction of sp³-hybridized carbons (Fsp3) is 0.368. The van der Waals surface area contributed by atoms with Crippen LogP contribution in [0.3, 0.4) is 0 Å². The fourth-order valence-corrected chi connectivity index (χ4v) is 38.7. The topological polar surface area (TPSA) is 263 Å². The van der Waals surface area contributed by atoms with Crippen molar-refractivity contribution in [2.45, 2.75) is 123 Å². The highest BCUT2D eigenvalue weighted by Gasteiger charge is 3.16. The Labute approximate surface area is 643 Å². The molecular formula is C95H50O20. The first-order valence-electron chi connectivity index (χ1n) is 41.5. The van der Waals surface area contributed by atoms with E-state index in [2.05, 4.69) is 0 Å². The van der Waals surface area contributed by atoms with Gasteiger partial charge in [-0.25, -0.2) is 0 Å². The van der Waals surface area contributed by atoms with Gasteiger partial charge in [-0.15, -0.1) is 0 Å². The van der Waals surface area contributed by atoms with Crippen LogP contribution in [0.15, 0.2) is 0 Å². The largest absolute Gasteiger partial charge is 0.465 e. The number of hydrogen-bond donors (Lipinski definition) is 0. The zero-order valence-electron chi connectivity index (χ0n) is 62.7. The summed E-state index contributed by atoms with van der Waals surface area (Å²) in [4.78, 5) is 180. The first-order chi connectivity index (χ1) is 56.0. The lowest BCUT2D eigenvalue weighted by atomic mass is 9.63. The first kappa shape index (κ1) is 56.4. The second-order valence-corrected chi connectivity index (χ2v) is 37.2. The summed E-state index contributed by atoms with van der Waals surface area (Å²) in [6, 6.07) is 0. The van der Waals surface area contributed by atoms with Crippen molar-refractivity contribution in [2.75, 3.05) is 66.1 Å². The zero-order valence-corrected chi connectivity index (χ0v) is 62.7. The molecule has 5 saturated carbocycles. The highest BCUT2D eigenvalue weighted by molar-refractivity contribution is 6.63. The molecular weight excluding hydrogens is 1460 g/mol. The molecule has 4 unspecified atom stereocenters. The molecule has 0 aliphatic heterocycles. The van der Waals surface area contributed by atoms with Gasteiger partial charge in [0.2, 0.25) is 0 Å². The van der Waals surface area contributed by atoms with Gasteiger partial charge in [0.05, 0.1) is 120 Å². The van der Waals surface area contributed by atoms with E-state index >= 15 is 47.9 Å². The molecule has 0 aromatic heterocycles. The number of carbonyl (C=O) groups is 10. The standard InChI is InChI=1S/C95H50O20/c1-11-106-71(96)91(72(97)107-12-2)81-51-27-23-21-22-24-28(27)52(81)36-40-60-44-46-62-42-38-54-30(26(22)34-32(24)56(36)84(60)86(62,58(34)38)94(84,77(102)112-17-7)78(103)113-18-8)29-25(21)33-31(23)55-35(51)39-59-43-45-61-41-37(57(33)85(61)83(55,59)93(85,75(100)110-15-5)76(101)111-16-6)53(29)82(54)88(92(82,73(98)108-13-3)74(99)109-14-4)65(41)49-50(66(42)88)70(46)90-68(44)48-47(63(39)87(81,91)64(40)48)67(43)89(90,69(45)49)95(90,79(104)114-19-9)80(105)115-20-10/h11-20H2,1-10H3. The van der Waals surface area contributed by atoms with Crippen molar-refractivity contribution >= 4 is 135 Å². The Bertz CT molecular complexity index is 7330. The van der Waals surface area contributed by atoms with Crippen molar-refractivity contribution in [2.24, 2.45) is 27.1 Å². The van der Waals surface area contributed by atoms with E-state index in [1.54, 1.807) is 69.2 Å². The molecule has 25 aliphatic carbocycles. The van der Waals surface area contributed by atoms with Gasteiger partial charge in [-0.1, -0.05) is 0 Å². The minimum atomic E-state index is -2.48. The molecule has 12 aromatic rings. The summed E-state index contributed by atoms with van der Waals surface area (Å²) < 4.78 is 68.7. The van der Waals surface area contributed by atoms with Crippen LogP contribution in [0.4, 0.5) is 0 Å². The van der Waals surface area contributed by atoms with Gasteiger partial charge >= 0.3 is 59.7 Å². The number of hydrogen-bond acceptors (Lipinski definition) is 20. The lowest BCUT2D eigenvalue weighted by molar-refractivity contribution is -0.167. The van der Waals surface area contributed by atoms with Crippen molar-refractivity contribution in [1.82, 2.24) is 0 Å². The van der Waals surface area contributed by atoms with Crippen molar-refractivity contribution < 1.29 is 95.3 Å². The predicted octanol–water partition coefficient (Wildman–Crippen LogP) is 10.8. The maximum atomic E-state index is 18.1. The van der Waals surface area contributed by atoms with Crippen LogP contribution in [0.1, 0.15) is 181 Å². The minimum absolute atomic E-state index is 0.156. The van der Waals surface area contributed by atoms with Crippen LogP contribution in [-0.2, 0) is 149 Å². The third-order valence-corrected chi connectivity index (χ3v) is 37.7. The SMILES string of the molecule is CCOC(=O)C1(C(=O)OCC)C23c4c5c6c7c8c4-c4c2c2c9c%10c4C4%11c%12c-%10c%10c%13c%14c%15c%16c%17c%18c%19c%20c%21c%22c%23c%24c(c-7c(c7c%12c%13c(c7%24)c(c%19%23)c%18%14)C84C%11(C(=O)OCC)C(=O)OCC)C%224C(C(=O)OCC)(C(=O)OCC)C64c4c-5c5c6c(c4-%21)C%204C(C(=O)OCC)(C(=O)OCC)C%174c4c-6c(c-2c(c4-%16)C92C(C(=O)OCC)(C(=O)OCC)C%10%152)C513. The van der Waals surface area contributed by atoms with Crippen LogP contribution in [0.25, 0.3) is 164 Å². The second kappa shape index (κ2) is 13.5. The van der Waals surface area contributed by atoms with Crippen LogP contribution in [0.2, 0.25) is 0 Å². The molecule has 12 aromatic carbocycles. The summed E-state index contributed by atoms with van der Waals surface area (Å²) in [5, 5.41) is 11.4. The van der Waals surface area contributed by atoms with E-state index in [4.69, 9.17) is 47.4 Å². The Balaban J connectivity index is 0.953. The van der Waals surface area contributed by atoms with Crippen LogP contribution in [-0.4, -0.2) is 126 Å². The monoisotopic (exact) mass is 1510 g/mol. The summed E-state index contributed by atoms with van der Waals surface area (Å²) in [7, 11) is 0. The van der Waals surface area contributed by atoms with E-state index < -0.39 is 141 Å². The third kappa shape index (κ3) is 3.02. The maximum absolute atomic E-state index is 18.1. The lowest BCUT2D eigenvalue weighted by Gasteiger charge is -2.37. The van der Waals surface area contributed by atoms with E-state index in [1.807, 2.05) is 0 Å². The molecule has 25 aliphatic rings. The number of carbonyl (C=O) groups excluding carboxylic acids is 10. The first-order valence-corrected chi connectivity index (χ1v) is 41.5. The molecule has 5 fully saturated rings. The van der Waals surface area contributed by atoms with E-state index in [1.165, 1.54) is 0 Å². The van der Waals surface area contributed by atoms with Gasteiger partial charge in [-0.2, -0.15) is 0 Å². The summed E-state index contributed by atoms with van der Waals surface area (Å²) in [5.74, 6) is -8.25. The maximum Gasteiger partial charge on any atom is 0.326 e. The van der Waals surface area contributed by atoms with Crippen LogP contribution in [0, 0.1) is 27.1 Å². The average molecular weight is 1510 g/mol. The number of esters is 10. The number of rotatable bonds is 20. The molecule has 0 saturated heterocycles. The number of benzene rings is 10. The molecule has 20 heteroatoms. The smallest absolute Gasteiger partial charge is 0.326 e. The van der Waals surface area contributed by atoms with E-state index in [9.17, 15) is 0 Å². The Morgan fingerprint density at radius 3 is 0.348 bits per heavy atom.